The Morgan fingerprint density at radius 1 is 0.453 bits per heavy atom. The van der Waals surface area contributed by atoms with Crippen molar-refractivity contribution < 1.29 is 20.1 Å². The van der Waals surface area contributed by atoms with Gasteiger partial charge in [0.05, 0.1) is 0 Å². The molecule has 1 aromatic heterocycles. The van der Waals surface area contributed by atoms with Crippen molar-refractivity contribution in [1.29, 1.82) is 0 Å². The zero-order chi connectivity index (χ0) is 50.2. The minimum absolute atomic E-state index is 0. The van der Waals surface area contributed by atoms with Gasteiger partial charge in [-0.15, -0.1) is 64.2 Å². The van der Waals surface area contributed by atoms with Crippen LogP contribution in [0, 0.1) is 56.0 Å². The SMILES string of the molecule is CC1=CC2([CH-]N1c1[c-]cc(CCc3cc(CCc4c[c-]c(N5[CH-]C6(C=C5C)CCCC6)cc4)cc(-c4ccccc4-c4c[c-]c(-c5cc(-c6cc(C)c(-c7ccccc7)cc6C)ccn5)cc4)c3)cc1)CCCC2.[Ir]. The summed E-state index contributed by atoms with van der Waals surface area (Å²) in [6, 6.07) is 67.0. The molecule has 0 saturated heterocycles. The van der Waals surface area contributed by atoms with E-state index in [0.29, 0.717) is 0 Å². The number of aromatic nitrogens is 1. The summed E-state index contributed by atoms with van der Waals surface area (Å²) < 4.78 is 0. The molecular formula is C71H66IrN3-5. The van der Waals surface area contributed by atoms with E-state index in [1.807, 2.05) is 6.20 Å². The van der Waals surface area contributed by atoms with Crippen molar-refractivity contribution in [1.82, 2.24) is 4.98 Å². The summed E-state index contributed by atoms with van der Waals surface area (Å²) in [5, 5.41) is 0. The van der Waals surface area contributed by atoms with Crippen LogP contribution >= 0.6 is 0 Å². The van der Waals surface area contributed by atoms with Crippen molar-refractivity contribution >= 4 is 11.4 Å². The maximum absolute atomic E-state index is 4.85. The second kappa shape index (κ2) is 21.6. The molecule has 3 nitrogen and oxygen atoms in total. The van der Waals surface area contributed by atoms with E-state index in [-0.39, 0.29) is 30.9 Å². The van der Waals surface area contributed by atoms with E-state index < -0.39 is 0 Å². The predicted molar refractivity (Wildman–Crippen MR) is 308 cm³/mol. The first kappa shape index (κ1) is 50.6. The summed E-state index contributed by atoms with van der Waals surface area (Å²) in [6.45, 7) is 13.8. The second-order valence-electron chi connectivity index (χ2n) is 22.0. The first-order valence-electron chi connectivity index (χ1n) is 27.2. The molecule has 2 aliphatic heterocycles. The van der Waals surface area contributed by atoms with Gasteiger partial charge >= 0.3 is 0 Å². The minimum Gasteiger partial charge on any atom is -0.518 e. The molecule has 379 valence electrons. The summed E-state index contributed by atoms with van der Waals surface area (Å²) in [6.07, 6.45) is 21.0. The number of pyridine rings is 1. The van der Waals surface area contributed by atoms with Gasteiger partial charge in [-0.1, -0.05) is 178 Å². The summed E-state index contributed by atoms with van der Waals surface area (Å²) in [4.78, 5) is 9.59. The molecule has 0 amide bonds. The smallest absolute Gasteiger partial charge is 0.0166 e. The van der Waals surface area contributed by atoms with Crippen molar-refractivity contribution in [2.45, 2.75) is 105 Å². The number of hydrogen-bond donors (Lipinski definition) is 0. The third-order valence-electron chi connectivity index (χ3n) is 16.7. The predicted octanol–water partition coefficient (Wildman–Crippen LogP) is 17.9. The molecule has 75 heavy (non-hydrogen) atoms. The van der Waals surface area contributed by atoms with Crippen LogP contribution in [0.3, 0.4) is 0 Å². The molecule has 3 heterocycles. The monoisotopic (exact) mass is 1150 g/mol. The van der Waals surface area contributed by atoms with E-state index in [1.165, 1.54) is 130 Å². The molecule has 0 atom stereocenters. The fourth-order valence-electron chi connectivity index (χ4n) is 12.7. The van der Waals surface area contributed by atoms with Gasteiger partial charge in [-0.05, 0) is 119 Å². The number of aryl methyl sites for hydroxylation is 6. The first-order valence-corrected chi connectivity index (χ1v) is 27.2. The van der Waals surface area contributed by atoms with Crippen LogP contribution in [-0.4, -0.2) is 4.98 Å². The number of anilines is 2. The van der Waals surface area contributed by atoms with E-state index in [4.69, 9.17) is 4.98 Å². The van der Waals surface area contributed by atoms with Crippen LogP contribution in [0.1, 0.15) is 98.6 Å². The van der Waals surface area contributed by atoms with Crippen molar-refractivity contribution in [2.24, 2.45) is 10.8 Å². The molecule has 1 radical (unpaired) electrons. The molecule has 7 aromatic carbocycles. The Morgan fingerprint density at radius 3 is 1.49 bits per heavy atom. The maximum Gasteiger partial charge on any atom is 0.0166 e. The Labute approximate surface area is 460 Å². The molecule has 2 spiro atoms. The number of allylic oxidation sites excluding steroid dienone is 2. The molecule has 12 rings (SSSR count). The number of hydrogen-bond acceptors (Lipinski definition) is 3. The van der Waals surface area contributed by atoms with Crippen molar-refractivity contribution in [3.63, 3.8) is 0 Å². The first-order chi connectivity index (χ1) is 36.2. The molecular weight excluding hydrogens is 1090 g/mol. The molecule has 2 aliphatic carbocycles. The normalized spacial score (nSPS) is 16.4. The fourth-order valence-corrected chi connectivity index (χ4v) is 12.7. The van der Waals surface area contributed by atoms with Gasteiger partial charge in [0.1, 0.15) is 0 Å². The molecule has 2 fully saturated rings. The Balaban J connectivity index is 0.00000602. The van der Waals surface area contributed by atoms with Gasteiger partial charge in [0.25, 0.3) is 0 Å². The zero-order valence-electron chi connectivity index (χ0n) is 44.0. The van der Waals surface area contributed by atoms with Crippen molar-refractivity contribution in [2.75, 3.05) is 9.80 Å². The van der Waals surface area contributed by atoms with Crippen LogP contribution in [0.4, 0.5) is 11.4 Å². The number of rotatable bonds is 13. The van der Waals surface area contributed by atoms with Crippen LogP contribution in [-0.2, 0) is 45.8 Å². The van der Waals surface area contributed by atoms with Gasteiger partial charge in [0.15, 0.2) is 0 Å². The molecule has 2 saturated carbocycles. The topological polar surface area (TPSA) is 19.4 Å². The molecule has 4 aliphatic rings. The van der Waals surface area contributed by atoms with E-state index >= 15 is 0 Å². The van der Waals surface area contributed by atoms with Gasteiger partial charge < -0.3 is 14.8 Å². The van der Waals surface area contributed by atoms with Crippen LogP contribution in [0.2, 0.25) is 0 Å². The van der Waals surface area contributed by atoms with E-state index in [0.717, 1.165) is 59.4 Å². The molecule has 0 N–H and O–H groups in total. The third-order valence-corrected chi connectivity index (χ3v) is 16.7. The van der Waals surface area contributed by atoms with Crippen molar-refractivity contribution in [3.8, 4) is 55.8 Å². The van der Waals surface area contributed by atoms with Crippen LogP contribution in [0.5, 0.6) is 0 Å². The second-order valence-corrected chi connectivity index (χ2v) is 22.0. The van der Waals surface area contributed by atoms with E-state index in [9.17, 15) is 0 Å². The Bertz CT molecular complexity index is 3260. The summed E-state index contributed by atoms with van der Waals surface area (Å²) in [5.41, 5.74) is 24.9. The van der Waals surface area contributed by atoms with Crippen LogP contribution in [0.15, 0.2) is 181 Å². The molecule has 0 bridgehead atoms. The minimum atomic E-state index is 0. The van der Waals surface area contributed by atoms with Gasteiger partial charge in [0.2, 0.25) is 0 Å². The van der Waals surface area contributed by atoms with Crippen molar-refractivity contribution in [3.05, 3.63) is 246 Å². The molecule has 0 unspecified atom stereocenters. The third kappa shape index (κ3) is 10.7. The van der Waals surface area contributed by atoms with Crippen LogP contribution in [0.25, 0.3) is 55.8 Å². The average Bonchev–Trinajstić information content (AvgIpc) is 4.25. The van der Waals surface area contributed by atoms with Gasteiger partial charge in [-0.2, -0.15) is 47.5 Å². The largest absolute Gasteiger partial charge is 0.518 e. The number of benzene rings is 7. The van der Waals surface area contributed by atoms with Crippen LogP contribution < -0.4 is 9.80 Å². The summed E-state index contributed by atoms with van der Waals surface area (Å²) in [7, 11) is 0. The van der Waals surface area contributed by atoms with Gasteiger partial charge in [-0.3, -0.25) is 0 Å². The van der Waals surface area contributed by atoms with E-state index in [2.05, 4.69) is 233 Å². The van der Waals surface area contributed by atoms with Gasteiger partial charge in [-0.25, -0.2) is 13.1 Å². The Kier molecular flexibility index (Phi) is 14.5. The quantitative estimate of drug-likeness (QED) is 0.107. The molecule has 4 heteroatoms. The fraction of sp³-hybridized carbons (Fsp3) is 0.254. The van der Waals surface area contributed by atoms with Gasteiger partial charge in [0, 0.05) is 26.3 Å². The molecule has 8 aromatic rings. The van der Waals surface area contributed by atoms with E-state index in [1.54, 1.807) is 0 Å². The average molecular weight is 1150 g/mol. The Hall–Kier alpha value is -6.58. The zero-order valence-corrected chi connectivity index (χ0v) is 46.4. The Morgan fingerprint density at radius 2 is 0.973 bits per heavy atom. The number of nitrogens with zero attached hydrogens (tertiary/aromatic N) is 3. The maximum atomic E-state index is 4.85. The summed E-state index contributed by atoms with van der Waals surface area (Å²) in [5.74, 6) is 0. The standard InChI is InChI=1S/C71H66N3.Ir/c1-50-41-68(51(2)40-67(50)58-14-6-5-7-15-58)61-34-39-72-69(45-61)60-28-26-59(27-29-60)65-16-8-9-17-66(65)62-43-56(20-18-54-22-30-63(31-23-54)73-48-70(46-52(73)3)35-10-11-36-70)42-57(44-62)21-19-55-24-32-64(33-25-55)74-49-71(47-53(74)4)37-12-13-38-71;/h5-9,14-17,22-28,30,32,34,39-49H,10-13,18-21,35-38H2,1-4H3;/q-5;. The summed E-state index contributed by atoms with van der Waals surface area (Å²) >= 11 is 0.